The molecule has 1 fully saturated rings. The van der Waals surface area contributed by atoms with Crippen LogP contribution >= 0.6 is 0 Å². The number of hydrogen-bond acceptors (Lipinski definition) is 8. The fourth-order valence-corrected chi connectivity index (χ4v) is 4.55. The first-order valence-electron chi connectivity index (χ1n) is 12.6. The second-order valence-corrected chi connectivity index (χ2v) is 10.5. The number of aromatic amines is 1. The summed E-state index contributed by atoms with van der Waals surface area (Å²) >= 11 is 0. The maximum absolute atomic E-state index is 12.3. The van der Waals surface area contributed by atoms with Gasteiger partial charge < -0.3 is 19.1 Å². The molecule has 4 heterocycles. The number of carbonyl (C=O) groups excluding carboxylic acids is 1. The minimum Gasteiger partial charge on any atom is -0.444 e. The highest BCUT2D eigenvalue weighted by atomic mass is 16.6. The number of hydrogen-bond donors (Lipinski definition) is 1. The Morgan fingerprint density at radius 1 is 1.11 bits per heavy atom. The minimum atomic E-state index is -0.476. The molecule has 0 atom stereocenters. The van der Waals surface area contributed by atoms with Crippen molar-refractivity contribution >= 4 is 17.1 Å². The van der Waals surface area contributed by atoms with E-state index in [-0.39, 0.29) is 6.09 Å². The molecule has 1 saturated heterocycles. The van der Waals surface area contributed by atoms with Crippen molar-refractivity contribution in [3.05, 3.63) is 58.9 Å². The highest BCUT2D eigenvalue weighted by molar-refractivity contribution is 5.85. The molecule has 1 N–H and O–H groups in total. The number of carbonyl (C=O) groups is 1. The van der Waals surface area contributed by atoms with Crippen LogP contribution in [-0.4, -0.2) is 72.8 Å². The lowest BCUT2D eigenvalue weighted by Gasteiger charge is -2.35. The maximum Gasteiger partial charge on any atom is 0.410 e. The van der Waals surface area contributed by atoms with Crippen molar-refractivity contribution in [1.29, 1.82) is 0 Å². The number of aromatic nitrogens is 5. The summed E-state index contributed by atoms with van der Waals surface area (Å²) in [6.07, 6.45) is 2.22. The normalized spacial score (nSPS) is 14.9. The van der Waals surface area contributed by atoms with Gasteiger partial charge in [0.05, 0.1) is 11.0 Å². The Balaban J connectivity index is 1.23. The minimum absolute atomic E-state index is 0.237. The van der Waals surface area contributed by atoms with E-state index in [1.807, 2.05) is 52.1 Å². The van der Waals surface area contributed by atoms with Gasteiger partial charge in [-0.3, -0.25) is 9.88 Å². The molecule has 0 aliphatic carbocycles. The lowest BCUT2D eigenvalue weighted by molar-refractivity contribution is 0.0139. The number of rotatable bonds is 5. The molecular weight excluding hydrogens is 470 g/mol. The van der Waals surface area contributed by atoms with E-state index in [2.05, 4.69) is 31.1 Å². The quantitative estimate of drug-likeness (QED) is 0.430. The van der Waals surface area contributed by atoms with Crippen LogP contribution in [-0.2, 0) is 17.7 Å². The third kappa shape index (κ3) is 5.80. The maximum atomic E-state index is 12.3. The number of amides is 1. The number of fused-ring (bicyclic) bond motifs is 1. The summed E-state index contributed by atoms with van der Waals surface area (Å²) in [4.78, 5) is 33.7. The van der Waals surface area contributed by atoms with Gasteiger partial charge in [0.15, 0.2) is 5.82 Å². The zero-order chi connectivity index (χ0) is 26.2. The fraction of sp³-hybridized carbons (Fsp3) is 0.444. The van der Waals surface area contributed by atoms with E-state index in [4.69, 9.17) is 14.2 Å². The third-order valence-electron chi connectivity index (χ3n) is 6.37. The average Bonchev–Trinajstić information content (AvgIpc) is 3.45. The molecule has 4 aromatic rings. The van der Waals surface area contributed by atoms with E-state index in [1.165, 1.54) is 5.56 Å². The van der Waals surface area contributed by atoms with Crippen molar-refractivity contribution < 1.29 is 14.1 Å². The molecule has 1 aliphatic rings. The molecule has 37 heavy (non-hydrogen) atoms. The number of pyridine rings is 1. The van der Waals surface area contributed by atoms with Crippen molar-refractivity contribution in [3.8, 4) is 11.5 Å². The largest absolute Gasteiger partial charge is 0.444 e. The van der Waals surface area contributed by atoms with E-state index < -0.39 is 5.60 Å². The van der Waals surface area contributed by atoms with Gasteiger partial charge in [-0.15, -0.1) is 0 Å². The number of piperazine rings is 1. The van der Waals surface area contributed by atoms with Gasteiger partial charge in [0, 0.05) is 56.6 Å². The van der Waals surface area contributed by atoms with Gasteiger partial charge >= 0.3 is 6.09 Å². The average molecular weight is 504 g/mol. The summed E-state index contributed by atoms with van der Waals surface area (Å²) in [5.74, 6) is 1.96. The molecule has 0 spiro atoms. The Kier molecular flexibility index (Phi) is 6.68. The Hall–Kier alpha value is -3.79. The Bertz CT molecular complexity index is 1410. The monoisotopic (exact) mass is 503 g/mol. The molecule has 0 unspecified atom stereocenters. The Labute approximate surface area is 216 Å². The van der Waals surface area contributed by atoms with Crippen LogP contribution in [0.15, 0.2) is 35.0 Å². The van der Waals surface area contributed by atoms with Crippen LogP contribution in [0.4, 0.5) is 4.79 Å². The van der Waals surface area contributed by atoms with Gasteiger partial charge in [-0.1, -0.05) is 5.16 Å². The first-order chi connectivity index (χ1) is 17.6. The summed E-state index contributed by atoms with van der Waals surface area (Å²) in [5.41, 5.74) is 5.41. The van der Waals surface area contributed by atoms with Crippen LogP contribution in [0.25, 0.3) is 22.5 Å². The predicted octanol–water partition coefficient (Wildman–Crippen LogP) is 4.27. The molecule has 0 saturated carbocycles. The third-order valence-corrected chi connectivity index (χ3v) is 6.37. The number of nitrogens with zero attached hydrogens (tertiary/aromatic N) is 6. The molecule has 5 rings (SSSR count). The van der Waals surface area contributed by atoms with Crippen molar-refractivity contribution in [2.45, 2.75) is 53.2 Å². The van der Waals surface area contributed by atoms with Crippen LogP contribution in [0.1, 0.15) is 49.2 Å². The van der Waals surface area contributed by atoms with Gasteiger partial charge in [-0.25, -0.2) is 9.78 Å². The van der Waals surface area contributed by atoms with Gasteiger partial charge in [-0.2, -0.15) is 4.98 Å². The molecule has 0 radical (unpaired) electrons. The molecule has 1 aromatic carbocycles. The summed E-state index contributed by atoms with van der Waals surface area (Å²) < 4.78 is 10.9. The molecule has 194 valence electrons. The summed E-state index contributed by atoms with van der Waals surface area (Å²) in [6, 6.07) is 8.15. The van der Waals surface area contributed by atoms with E-state index >= 15 is 0 Å². The molecule has 10 heteroatoms. The van der Waals surface area contributed by atoms with Crippen molar-refractivity contribution in [2.75, 3.05) is 26.2 Å². The predicted molar refractivity (Wildman–Crippen MR) is 139 cm³/mol. The van der Waals surface area contributed by atoms with Gasteiger partial charge in [-0.05, 0) is 70.0 Å². The second-order valence-electron chi connectivity index (χ2n) is 10.5. The van der Waals surface area contributed by atoms with E-state index in [0.717, 1.165) is 53.3 Å². The number of imidazole rings is 1. The molecule has 3 aromatic heterocycles. The summed E-state index contributed by atoms with van der Waals surface area (Å²) in [5, 5.41) is 3.90. The lowest BCUT2D eigenvalue weighted by Crippen LogP contribution is -2.49. The first-order valence-corrected chi connectivity index (χ1v) is 12.6. The fourth-order valence-electron chi connectivity index (χ4n) is 4.55. The van der Waals surface area contributed by atoms with Gasteiger partial charge in [0.25, 0.3) is 5.89 Å². The standard InChI is InChI=1S/C27H33N7O3/c1-17-21(25-29-18(2)32-37-25)6-7-22-24(17)31-23(30-22)15-20-14-19(8-9-28-20)16-33-10-12-34(13-11-33)26(35)36-27(3,4)5/h6-9,14H,10-13,15-16H2,1-5H3,(H,30,31). The molecule has 10 nitrogen and oxygen atoms in total. The summed E-state index contributed by atoms with van der Waals surface area (Å²) in [6.45, 7) is 13.2. The smallest absolute Gasteiger partial charge is 0.410 e. The zero-order valence-electron chi connectivity index (χ0n) is 22.0. The number of aryl methyl sites for hydroxylation is 2. The highest BCUT2D eigenvalue weighted by Gasteiger charge is 2.26. The van der Waals surface area contributed by atoms with Crippen LogP contribution in [0, 0.1) is 13.8 Å². The van der Waals surface area contributed by atoms with Crippen molar-refractivity contribution in [2.24, 2.45) is 0 Å². The number of benzene rings is 1. The molecule has 1 aliphatic heterocycles. The Morgan fingerprint density at radius 2 is 1.89 bits per heavy atom. The van der Waals surface area contributed by atoms with Crippen molar-refractivity contribution in [3.63, 3.8) is 0 Å². The Morgan fingerprint density at radius 3 is 2.59 bits per heavy atom. The van der Waals surface area contributed by atoms with Crippen molar-refractivity contribution in [1.82, 2.24) is 34.9 Å². The van der Waals surface area contributed by atoms with Gasteiger partial charge in [0.1, 0.15) is 11.4 Å². The van der Waals surface area contributed by atoms with Gasteiger partial charge in [0.2, 0.25) is 0 Å². The number of H-pyrrole nitrogens is 1. The van der Waals surface area contributed by atoms with Crippen LogP contribution in [0.5, 0.6) is 0 Å². The second kappa shape index (κ2) is 9.93. The zero-order valence-corrected chi connectivity index (χ0v) is 22.0. The summed E-state index contributed by atoms with van der Waals surface area (Å²) in [7, 11) is 0. The van der Waals surface area contributed by atoms with E-state index in [0.29, 0.717) is 31.2 Å². The van der Waals surface area contributed by atoms with E-state index in [1.54, 1.807) is 11.8 Å². The molecule has 0 bridgehead atoms. The SMILES string of the molecule is Cc1noc(-c2ccc3[nH]c(Cc4cc(CN5CCN(C(=O)OC(C)(C)C)CC5)ccn4)nc3c2C)n1. The first kappa shape index (κ1) is 24.9. The highest BCUT2D eigenvalue weighted by Crippen LogP contribution is 2.28. The number of ether oxygens (including phenoxy) is 1. The molecular formula is C27H33N7O3. The van der Waals surface area contributed by atoms with E-state index in [9.17, 15) is 4.79 Å². The molecule has 1 amide bonds. The topological polar surface area (TPSA) is 113 Å². The number of nitrogens with one attached hydrogen (secondary N) is 1. The lowest BCUT2D eigenvalue weighted by atomic mass is 10.1. The van der Waals surface area contributed by atoms with Crippen LogP contribution in [0.3, 0.4) is 0 Å². The van der Waals surface area contributed by atoms with Crippen LogP contribution in [0.2, 0.25) is 0 Å². The van der Waals surface area contributed by atoms with Crippen LogP contribution < -0.4 is 0 Å².